The molecule has 2 heterocycles. The van der Waals surface area contributed by atoms with Crippen molar-refractivity contribution in [2.45, 2.75) is 32.6 Å². The summed E-state index contributed by atoms with van der Waals surface area (Å²) >= 11 is 7.30. The Kier molecular flexibility index (Phi) is 4.70. The van der Waals surface area contributed by atoms with Crippen molar-refractivity contribution in [2.75, 3.05) is 13.1 Å². The fourth-order valence-electron chi connectivity index (χ4n) is 2.86. The first kappa shape index (κ1) is 15.3. The number of hydrogen-bond acceptors (Lipinski definition) is 3. The lowest BCUT2D eigenvalue weighted by Gasteiger charge is -2.39. The van der Waals surface area contributed by atoms with Gasteiger partial charge in [-0.2, -0.15) is 0 Å². The standard InChI is InChI=1S/C14H18ClNO3S/c1-2-5-14(13(18)19)6-3-7-16(9-14)12(17)11-10(15)4-8-20-11/h4,8H,2-3,5-7,9H2,1H3,(H,18,19). The molecule has 0 aromatic carbocycles. The van der Waals surface area contributed by atoms with Crippen LogP contribution in [0, 0.1) is 5.41 Å². The molecule has 1 unspecified atom stereocenters. The van der Waals surface area contributed by atoms with Crippen molar-refractivity contribution in [3.05, 3.63) is 21.3 Å². The molecule has 0 saturated carbocycles. The number of carboxylic acids is 1. The number of likely N-dealkylation sites (tertiary alicyclic amines) is 1. The molecule has 1 aliphatic heterocycles. The molecule has 2 rings (SSSR count). The molecule has 0 bridgehead atoms. The van der Waals surface area contributed by atoms with Crippen molar-refractivity contribution in [3.63, 3.8) is 0 Å². The number of nitrogens with zero attached hydrogens (tertiary/aromatic N) is 1. The van der Waals surface area contributed by atoms with Crippen LogP contribution in [0.1, 0.15) is 42.3 Å². The minimum Gasteiger partial charge on any atom is -0.481 e. The highest BCUT2D eigenvalue weighted by Crippen LogP contribution is 2.36. The summed E-state index contributed by atoms with van der Waals surface area (Å²) in [5.41, 5.74) is -0.799. The number of rotatable bonds is 4. The molecule has 1 aromatic rings. The van der Waals surface area contributed by atoms with E-state index < -0.39 is 11.4 Å². The molecule has 0 aliphatic carbocycles. The first-order valence-electron chi connectivity index (χ1n) is 6.76. The van der Waals surface area contributed by atoms with E-state index in [0.29, 0.717) is 29.3 Å². The molecule has 4 nitrogen and oxygen atoms in total. The first-order valence-corrected chi connectivity index (χ1v) is 8.01. The van der Waals surface area contributed by atoms with Gasteiger partial charge in [0.05, 0.1) is 10.4 Å². The van der Waals surface area contributed by atoms with Crippen LogP contribution in [-0.4, -0.2) is 35.0 Å². The maximum atomic E-state index is 12.5. The van der Waals surface area contributed by atoms with Gasteiger partial charge in [0.15, 0.2) is 0 Å². The van der Waals surface area contributed by atoms with Crippen LogP contribution >= 0.6 is 22.9 Å². The van der Waals surface area contributed by atoms with Gasteiger partial charge < -0.3 is 10.0 Å². The zero-order valence-corrected chi connectivity index (χ0v) is 13.0. The number of aliphatic carboxylic acids is 1. The molecule has 1 aromatic heterocycles. The monoisotopic (exact) mass is 315 g/mol. The summed E-state index contributed by atoms with van der Waals surface area (Å²) in [7, 11) is 0. The smallest absolute Gasteiger partial charge is 0.311 e. The van der Waals surface area contributed by atoms with E-state index in [2.05, 4.69) is 0 Å². The van der Waals surface area contributed by atoms with E-state index >= 15 is 0 Å². The topological polar surface area (TPSA) is 57.6 Å². The van der Waals surface area contributed by atoms with Crippen LogP contribution in [0.2, 0.25) is 5.02 Å². The van der Waals surface area contributed by atoms with Crippen molar-refractivity contribution >= 4 is 34.8 Å². The third-order valence-corrected chi connectivity index (χ3v) is 5.19. The summed E-state index contributed by atoms with van der Waals surface area (Å²) in [6, 6.07) is 1.69. The molecule has 1 saturated heterocycles. The summed E-state index contributed by atoms with van der Waals surface area (Å²) in [5.74, 6) is -0.944. The van der Waals surface area contributed by atoms with Crippen molar-refractivity contribution < 1.29 is 14.7 Å². The fraction of sp³-hybridized carbons (Fsp3) is 0.571. The summed E-state index contributed by atoms with van der Waals surface area (Å²) in [6.07, 6.45) is 2.76. The maximum Gasteiger partial charge on any atom is 0.311 e. The highest BCUT2D eigenvalue weighted by Gasteiger charge is 2.43. The van der Waals surface area contributed by atoms with E-state index in [4.69, 9.17) is 11.6 Å². The molecule has 1 aliphatic rings. The minimum atomic E-state index is -0.799. The Morgan fingerprint density at radius 2 is 2.30 bits per heavy atom. The van der Waals surface area contributed by atoms with Crippen LogP contribution in [0.3, 0.4) is 0 Å². The molecule has 1 N–H and O–H groups in total. The lowest BCUT2D eigenvalue weighted by Crippen LogP contribution is -2.49. The van der Waals surface area contributed by atoms with E-state index in [1.54, 1.807) is 16.3 Å². The zero-order chi connectivity index (χ0) is 14.8. The number of carbonyl (C=O) groups is 2. The maximum absolute atomic E-state index is 12.5. The van der Waals surface area contributed by atoms with Gasteiger partial charge in [-0.05, 0) is 30.7 Å². The number of carboxylic acid groups (broad SMARTS) is 1. The number of thiophene rings is 1. The lowest BCUT2D eigenvalue weighted by atomic mass is 9.76. The summed E-state index contributed by atoms with van der Waals surface area (Å²) in [4.78, 5) is 26.2. The molecular weight excluding hydrogens is 298 g/mol. The van der Waals surface area contributed by atoms with Gasteiger partial charge in [0.1, 0.15) is 4.88 Å². The van der Waals surface area contributed by atoms with Gasteiger partial charge in [-0.15, -0.1) is 11.3 Å². The molecule has 110 valence electrons. The number of halogens is 1. The van der Waals surface area contributed by atoms with E-state index in [9.17, 15) is 14.7 Å². The summed E-state index contributed by atoms with van der Waals surface area (Å²) < 4.78 is 0. The predicted octanol–water partition coefficient (Wildman–Crippen LogP) is 3.51. The Morgan fingerprint density at radius 3 is 2.85 bits per heavy atom. The predicted molar refractivity (Wildman–Crippen MR) is 79.4 cm³/mol. The van der Waals surface area contributed by atoms with Gasteiger partial charge in [0.2, 0.25) is 0 Å². The first-order chi connectivity index (χ1) is 9.50. The Hall–Kier alpha value is -1.07. The Morgan fingerprint density at radius 1 is 1.55 bits per heavy atom. The fourth-order valence-corrected chi connectivity index (χ4v) is 3.96. The second kappa shape index (κ2) is 6.14. The molecule has 0 radical (unpaired) electrons. The van der Waals surface area contributed by atoms with E-state index in [1.807, 2.05) is 6.92 Å². The normalized spacial score (nSPS) is 22.8. The van der Waals surface area contributed by atoms with Gasteiger partial charge in [-0.25, -0.2) is 0 Å². The van der Waals surface area contributed by atoms with E-state index in [-0.39, 0.29) is 12.5 Å². The van der Waals surface area contributed by atoms with Crippen LogP contribution in [0.25, 0.3) is 0 Å². The van der Waals surface area contributed by atoms with Crippen LogP contribution in [-0.2, 0) is 4.79 Å². The second-order valence-electron chi connectivity index (χ2n) is 5.26. The highest BCUT2D eigenvalue weighted by molar-refractivity contribution is 7.12. The number of hydrogen-bond donors (Lipinski definition) is 1. The van der Waals surface area contributed by atoms with Crippen LogP contribution < -0.4 is 0 Å². The van der Waals surface area contributed by atoms with Crippen LogP contribution in [0.4, 0.5) is 0 Å². The van der Waals surface area contributed by atoms with Crippen molar-refractivity contribution in [1.29, 1.82) is 0 Å². The Bertz CT molecular complexity index is 512. The van der Waals surface area contributed by atoms with Gasteiger partial charge in [0.25, 0.3) is 5.91 Å². The van der Waals surface area contributed by atoms with Crippen molar-refractivity contribution in [1.82, 2.24) is 4.90 Å². The summed E-state index contributed by atoms with van der Waals surface area (Å²) in [5, 5.41) is 11.8. The molecule has 0 spiro atoms. The quantitative estimate of drug-likeness (QED) is 0.925. The SMILES string of the molecule is CCCC1(C(=O)O)CCCN(C(=O)c2sccc2Cl)C1. The highest BCUT2D eigenvalue weighted by atomic mass is 35.5. The van der Waals surface area contributed by atoms with Gasteiger partial charge in [0, 0.05) is 13.1 Å². The molecular formula is C14H18ClNO3S. The van der Waals surface area contributed by atoms with Gasteiger partial charge in [-0.3, -0.25) is 9.59 Å². The molecule has 1 atom stereocenters. The Labute approximate surface area is 127 Å². The number of piperidine rings is 1. The molecule has 1 fully saturated rings. The number of amides is 1. The zero-order valence-electron chi connectivity index (χ0n) is 11.4. The lowest BCUT2D eigenvalue weighted by molar-refractivity contribution is -0.152. The van der Waals surface area contributed by atoms with Crippen molar-refractivity contribution in [2.24, 2.45) is 5.41 Å². The molecule has 6 heteroatoms. The van der Waals surface area contributed by atoms with Gasteiger partial charge in [-0.1, -0.05) is 24.9 Å². The third-order valence-electron chi connectivity index (χ3n) is 3.86. The molecule has 20 heavy (non-hydrogen) atoms. The Balaban J connectivity index is 2.20. The second-order valence-corrected chi connectivity index (χ2v) is 6.59. The van der Waals surface area contributed by atoms with E-state index in [0.717, 1.165) is 12.8 Å². The van der Waals surface area contributed by atoms with Crippen LogP contribution in [0.15, 0.2) is 11.4 Å². The average Bonchev–Trinajstić information content (AvgIpc) is 2.84. The van der Waals surface area contributed by atoms with Crippen LogP contribution in [0.5, 0.6) is 0 Å². The number of carbonyl (C=O) groups excluding carboxylic acids is 1. The average molecular weight is 316 g/mol. The molecule has 1 amide bonds. The third kappa shape index (κ3) is 2.83. The van der Waals surface area contributed by atoms with Gasteiger partial charge >= 0.3 is 5.97 Å². The van der Waals surface area contributed by atoms with Crippen molar-refractivity contribution in [3.8, 4) is 0 Å². The minimum absolute atomic E-state index is 0.147. The van der Waals surface area contributed by atoms with E-state index in [1.165, 1.54) is 11.3 Å². The largest absolute Gasteiger partial charge is 0.481 e. The summed E-state index contributed by atoms with van der Waals surface area (Å²) in [6.45, 7) is 2.86.